The van der Waals surface area contributed by atoms with Crippen LogP contribution in [-0.4, -0.2) is 17.6 Å². The molecule has 0 aliphatic heterocycles. The molecule has 0 unspecified atom stereocenters. The zero-order valence-electron chi connectivity index (χ0n) is 12.7. The molecule has 112 valence electrons. The zero-order chi connectivity index (χ0) is 15.7. The molecule has 0 radical (unpaired) electrons. The van der Waals surface area contributed by atoms with E-state index in [1.807, 2.05) is 49.5 Å². The first-order chi connectivity index (χ1) is 10.7. The largest absolute Gasteiger partial charge is 0.496 e. The second-order valence-corrected chi connectivity index (χ2v) is 5.25. The number of hydrogen-bond acceptors (Lipinski definition) is 3. The number of methoxy groups -OCH3 is 1. The molecule has 3 rings (SSSR count). The Balaban J connectivity index is 2.18. The molecule has 4 nitrogen and oxygen atoms in total. The van der Waals surface area contributed by atoms with Crippen LogP contribution in [0.3, 0.4) is 0 Å². The van der Waals surface area contributed by atoms with Crippen LogP contribution in [0, 0.1) is 6.92 Å². The summed E-state index contributed by atoms with van der Waals surface area (Å²) in [5.41, 5.74) is 9.19. The van der Waals surface area contributed by atoms with Crippen LogP contribution >= 0.6 is 0 Å². The molecule has 0 aliphatic carbocycles. The minimum atomic E-state index is -0.118. The number of rotatable bonds is 3. The topological polar surface area (TPSA) is 57.2 Å². The van der Waals surface area contributed by atoms with E-state index in [0.29, 0.717) is 17.9 Å². The second-order valence-electron chi connectivity index (χ2n) is 5.25. The van der Waals surface area contributed by atoms with Crippen LogP contribution in [0.5, 0.6) is 5.75 Å². The van der Waals surface area contributed by atoms with Gasteiger partial charge in [0.25, 0.3) is 5.91 Å². The fourth-order valence-electron chi connectivity index (χ4n) is 2.69. The average Bonchev–Trinajstić information content (AvgIpc) is 2.93. The van der Waals surface area contributed by atoms with Crippen molar-refractivity contribution in [2.45, 2.75) is 13.5 Å². The summed E-state index contributed by atoms with van der Waals surface area (Å²) in [6, 6.07) is 13.3. The Bertz CT molecular complexity index is 849. The van der Waals surface area contributed by atoms with Crippen LogP contribution in [0.15, 0.2) is 48.7 Å². The van der Waals surface area contributed by atoms with Gasteiger partial charge in [0.05, 0.1) is 18.2 Å². The van der Waals surface area contributed by atoms with E-state index in [0.717, 1.165) is 22.0 Å². The lowest BCUT2D eigenvalue weighted by molar-refractivity contribution is 0.0962. The van der Waals surface area contributed by atoms with Gasteiger partial charge in [-0.05, 0) is 36.2 Å². The molecule has 0 fully saturated rings. The number of hydrogen-bond donors (Lipinski definition) is 1. The Morgan fingerprint density at radius 2 is 2.00 bits per heavy atom. The molecule has 0 spiro atoms. The smallest absolute Gasteiger partial charge is 0.266 e. The third-order valence-electron chi connectivity index (χ3n) is 3.82. The highest BCUT2D eigenvalue weighted by Crippen LogP contribution is 2.26. The zero-order valence-corrected chi connectivity index (χ0v) is 12.7. The van der Waals surface area contributed by atoms with Crippen molar-refractivity contribution in [3.05, 3.63) is 65.4 Å². The van der Waals surface area contributed by atoms with Crippen molar-refractivity contribution in [2.24, 2.45) is 5.73 Å². The number of nitrogens with zero attached hydrogens (tertiary/aromatic N) is 1. The standard InChI is InChI=1S/C18H18N2O2/c1-12-7-8-15(17(9-12)22-2)18(21)20-11-13(10-19)14-5-3-4-6-16(14)20/h3-9,11H,10,19H2,1-2H3. The van der Waals surface area contributed by atoms with Crippen molar-refractivity contribution in [2.75, 3.05) is 7.11 Å². The molecule has 3 aromatic rings. The van der Waals surface area contributed by atoms with Gasteiger partial charge in [-0.1, -0.05) is 24.3 Å². The van der Waals surface area contributed by atoms with Crippen LogP contribution < -0.4 is 10.5 Å². The van der Waals surface area contributed by atoms with E-state index in [4.69, 9.17) is 10.5 Å². The van der Waals surface area contributed by atoms with E-state index in [1.165, 1.54) is 0 Å². The van der Waals surface area contributed by atoms with E-state index < -0.39 is 0 Å². The molecule has 1 heterocycles. The number of aryl methyl sites for hydroxylation is 1. The maximum Gasteiger partial charge on any atom is 0.266 e. The molecular weight excluding hydrogens is 276 g/mol. The number of para-hydroxylation sites is 1. The summed E-state index contributed by atoms with van der Waals surface area (Å²) in [4.78, 5) is 12.9. The second kappa shape index (κ2) is 5.66. The highest BCUT2D eigenvalue weighted by atomic mass is 16.5. The maximum absolute atomic E-state index is 12.9. The van der Waals surface area contributed by atoms with E-state index in [-0.39, 0.29) is 5.91 Å². The van der Waals surface area contributed by atoms with Gasteiger partial charge in [-0.25, -0.2) is 0 Å². The summed E-state index contributed by atoms with van der Waals surface area (Å²) in [7, 11) is 1.57. The lowest BCUT2D eigenvalue weighted by Crippen LogP contribution is -2.12. The van der Waals surface area contributed by atoms with Crippen molar-refractivity contribution in [3.8, 4) is 5.75 Å². The Morgan fingerprint density at radius 3 is 2.73 bits per heavy atom. The van der Waals surface area contributed by atoms with Crippen molar-refractivity contribution < 1.29 is 9.53 Å². The van der Waals surface area contributed by atoms with Crippen molar-refractivity contribution in [1.29, 1.82) is 0 Å². The summed E-state index contributed by atoms with van der Waals surface area (Å²) in [6.45, 7) is 2.36. The van der Waals surface area contributed by atoms with Gasteiger partial charge in [0.15, 0.2) is 0 Å². The molecule has 0 saturated heterocycles. The predicted octanol–water partition coefficient (Wildman–Crippen LogP) is 3.11. The van der Waals surface area contributed by atoms with Gasteiger partial charge in [0.2, 0.25) is 0 Å². The normalized spacial score (nSPS) is 10.9. The molecule has 2 N–H and O–H groups in total. The molecule has 22 heavy (non-hydrogen) atoms. The first-order valence-corrected chi connectivity index (χ1v) is 7.14. The Kier molecular flexibility index (Phi) is 3.69. The molecule has 1 aromatic heterocycles. The van der Waals surface area contributed by atoms with Gasteiger partial charge in [0.1, 0.15) is 5.75 Å². The van der Waals surface area contributed by atoms with Gasteiger partial charge in [-0.3, -0.25) is 9.36 Å². The quantitative estimate of drug-likeness (QED) is 0.807. The third-order valence-corrected chi connectivity index (χ3v) is 3.82. The van der Waals surface area contributed by atoms with Gasteiger partial charge in [-0.2, -0.15) is 0 Å². The van der Waals surface area contributed by atoms with Crippen molar-refractivity contribution >= 4 is 16.8 Å². The van der Waals surface area contributed by atoms with E-state index in [9.17, 15) is 4.79 Å². The molecule has 0 aliphatic rings. The first-order valence-electron chi connectivity index (χ1n) is 7.14. The van der Waals surface area contributed by atoms with Gasteiger partial charge >= 0.3 is 0 Å². The summed E-state index contributed by atoms with van der Waals surface area (Å²) >= 11 is 0. The summed E-state index contributed by atoms with van der Waals surface area (Å²) in [5, 5.41) is 1.00. The SMILES string of the molecule is COc1cc(C)ccc1C(=O)n1cc(CN)c2ccccc21. The number of ether oxygens (including phenoxy) is 1. The lowest BCUT2D eigenvalue weighted by atomic mass is 10.1. The number of fused-ring (bicyclic) bond motifs is 1. The number of aromatic nitrogens is 1. The van der Waals surface area contributed by atoms with Crippen LogP contribution in [0.25, 0.3) is 10.9 Å². The van der Waals surface area contributed by atoms with Crippen LogP contribution in [0.2, 0.25) is 0 Å². The number of nitrogens with two attached hydrogens (primary N) is 1. The first kappa shape index (κ1) is 14.4. The Morgan fingerprint density at radius 1 is 1.23 bits per heavy atom. The lowest BCUT2D eigenvalue weighted by Gasteiger charge is -2.10. The molecule has 0 amide bonds. The number of carbonyl (C=O) groups is 1. The minimum absolute atomic E-state index is 0.118. The van der Waals surface area contributed by atoms with Crippen molar-refractivity contribution in [3.63, 3.8) is 0 Å². The predicted molar refractivity (Wildman–Crippen MR) is 87.3 cm³/mol. The maximum atomic E-state index is 12.9. The third kappa shape index (κ3) is 2.27. The summed E-state index contributed by atoms with van der Waals surface area (Å²) in [5.74, 6) is 0.463. The van der Waals surface area contributed by atoms with E-state index >= 15 is 0 Å². The highest BCUT2D eigenvalue weighted by molar-refractivity contribution is 6.04. The number of benzene rings is 2. The molecule has 0 atom stereocenters. The summed E-state index contributed by atoms with van der Waals surface area (Å²) < 4.78 is 7.00. The van der Waals surface area contributed by atoms with Crippen LogP contribution in [0.4, 0.5) is 0 Å². The van der Waals surface area contributed by atoms with E-state index in [1.54, 1.807) is 17.7 Å². The molecule has 4 heteroatoms. The Labute approximate surface area is 129 Å². The van der Waals surface area contributed by atoms with Gasteiger partial charge < -0.3 is 10.5 Å². The Hall–Kier alpha value is -2.59. The molecule has 0 bridgehead atoms. The monoisotopic (exact) mass is 294 g/mol. The highest BCUT2D eigenvalue weighted by Gasteiger charge is 2.18. The molecular formula is C18H18N2O2. The van der Waals surface area contributed by atoms with E-state index in [2.05, 4.69) is 0 Å². The van der Waals surface area contributed by atoms with Crippen molar-refractivity contribution in [1.82, 2.24) is 4.57 Å². The summed E-state index contributed by atoms with van der Waals surface area (Å²) in [6.07, 6.45) is 1.81. The van der Waals surface area contributed by atoms with Crippen LogP contribution in [0.1, 0.15) is 21.5 Å². The molecule has 0 saturated carbocycles. The fraction of sp³-hybridized carbons (Fsp3) is 0.167. The minimum Gasteiger partial charge on any atom is -0.496 e. The average molecular weight is 294 g/mol. The van der Waals surface area contributed by atoms with Gasteiger partial charge in [-0.15, -0.1) is 0 Å². The number of carbonyl (C=O) groups excluding carboxylic acids is 1. The van der Waals surface area contributed by atoms with Crippen LogP contribution in [-0.2, 0) is 6.54 Å². The van der Waals surface area contributed by atoms with Gasteiger partial charge in [0, 0.05) is 18.1 Å². The fourth-order valence-corrected chi connectivity index (χ4v) is 2.69. The molecule has 2 aromatic carbocycles.